The smallest absolute Gasteiger partial charge is 0.277 e. The van der Waals surface area contributed by atoms with Gasteiger partial charge >= 0.3 is 0 Å². The predicted molar refractivity (Wildman–Crippen MR) is 96.3 cm³/mol. The van der Waals surface area contributed by atoms with Crippen LogP contribution in [0.2, 0.25) is 5.02 Å². The summed E-state index contributed by atoms with van der Waals surface area (Å²) in [6.07, 6.45) is 0. The number of aromatic nitrogens is 2. The molecule has 0 amide bonds. The summed E-state index contributed by atoms with van der Waals surface area (Å²) in [5, 5.41) is 8.93. The molecule has 3 aromatic rings. The third-order valence-electron chi connectivity index (χ3n) is 3.73. The molecule has 0 bridgehead atoms. The lowest BCUT2D eigenvalue weighted by Gasteiger charge is -2.20. The highest BCUT2D eigenvalue weighted by atomic mass is 35.5. The Kier molecular flexibility index (Phi) is 5.47. The third kappa shape index (κ3) is 4.52. The normalized spacial score (nSPS) is 13.1. The van der Waals surface area contributed by atoms with E-state index in [9.17, 15) is 4.39 Å². The summed E-state index contributed by atoms with van der Waals surface area (Å²) in [6.45, 7) is 0.631. The predicted octanol–water partition coefficient (Wildman–Crippen LogP) is 4.60. The number of thioether (sulfide) groups is 1. The highest BCUT2D eigenvalue weighted by Gasteiger charge is 2.18. The van der Waals surface area contributed by atoms with Crippen LogP contribution >= 0.6 is 23.4 Å². The number of halogens is 2. The molecule has 9 heteroatoms. The molecule has 6 nitrogen and oxygen atoms in total. The zero-order valence-electron chi connectivity index (χ0n) is 14.0. The van der Waals surface area contributed by atoms with E-state index in [1.165, 1.54) is 23.9 Å². The van der Waals surface area contributed by atoms with Crippen molar-refractivity contribution >= 4 is 23.4 Å². The van der Waals surface area contributed by atoms with Crippen LogP contribution < -0.4 is 9.47 Å². The zero-order chi connectivity index (χ0) is 18.6. The van der Waals surface area contributed by atoms with Gasteiger partial charge in [0.2, 0.25) is 0 Å². The van der Waals surface area contributed by atoms with Crippen molar-refractivity contribution in [2.45, 2.75) is 24.2 Å². The van der Waals surface area contributed by atoms with Crippen molar-refractivity contribution < 1.29 is 23.0 Å². The molecule has 2 heterocycles. The molecule has 1 aromatic heterocycles. The maximum Gasteiger partial charge on any atom is 0.277 e. The standard InChI is InChI=1S/C18H14ClFN2O4S/c19-13-1-3-15(4-2-13)24-8-16-21-22-18(26-16)27-9-12-6-14(20)5-11-7-23-10-25-17(11)12/h1-6H,7-10H2. The summed E-state index contributed by atoms with van der Waals surface area (Å²) in [6, 6.07) is 9.84. The number of ether oxygens (including phenoxy) is 3. The van der Waals surface area contributed by atoms with Gasteiger partial charge in [0.15, 0.2) is 13.4 Å². The van der Waals surface area contributed by atoms with Crippen LogP contribution in [0.3, 0.4) is 0 Å². The van der Waals surface area contributed by atoms with Crippen molar-refractivity contribution in [3.8, 4) is 11.5 Å². The van der Waals surface area contributed by atoms with E-state index < -0.39 is 0 Å². The lowest BCUT2D eigenvalue weighted by atomic mass is 10.1. The summed E-state index contributed by atoms with van der Waals surface area (Å²) in [4.78, 5) is 0. The fourth-order valence-corrected chi connectivity index (χ4v) is 3.41. The Bertz CT molecular complexity index is 936. The van der Waals surface area contributed by atoms with Crippen molar-refractivity contribution in [3.05, 3.63) is 64.3 Å². The zero-order valence-corrected chi connectivity index (χ0v) is 15.6. The molecular formula is C18H14ClFN2O4S. The summed E-state index contributed by atoms with van der Waals surface area (Å²) in [5.41, 5.74) is 1.41. The highest BCUT2D eigenvalue weighted by molar-refractivity contribution is 7.98. The molecule has 4 rings (SSSR count). The number of hydrogen-bond acceptors (Lipinski definition) is 7. The number of rotatable bonds is 6. The van der Waals surface area contributed by atoms with Crippen LogP contribution in [0.1, 0.15) is 17.0 Å². The molecular weight excluding hydrogens is 395 g/mol. The van der Waals surface area contributed by atoms with Gasteiger partial charge in [0.1, 0.15) is 17.3 Å². The fourth-order valence-electron chi connectivity index (χ4n) is 2.53. The first-order chi connectivity index (χ1) is 13.2. The highest BCUT2D eigenvalue weighted by Crippen LogP contribution is 2.33. The molecule has 27 heavy (non-hydrogen) atoms. The second-order valence-corrected chi connectivity index (χ2v) is 7.02. The van der Waals surface area contributed by atoms with Crippen LogP contribution in [0.25, 0.3) is 0 Å². The van der Waals surface area contributed by atoms with Crippen molar-refractivity contribution in [2.24, 2.45) is 0 Å². The van der Waals surface area contributed by atoms with Gasteiger partial charge in [-0.25, -0.2) is 4.39 Å². The van der Waals surface area contributed by atoms with Crippen LogP contribution in [-0.2, 0) is 23.7 Å². The van der Waals surface area contributed by atoms with Gasteiger partial charge in [0, 0.05) is 21.9 Å². The number of fused-ring (bicyclic) bond motifs is 1. The first-order valence-electron chi connectivity index (χ1n) is 8.03. The lowest BCUT2D eigenvalue weighted by Crippen LogP contribution is -2.13. The third-order valence-corrected chi connectivity index (χ3v) is 4.85. The molecule has 0 N–H and O–H groups in total. The second-order valence-electron chi connectivity index (χ2n) is 5.66. The Hall–Kier alpha value is -2.29. The van der Waals surface area contributed by atoms with Gasteiger partial charge in [-0.2, -0.15) is 0 Å². The molecule has 2 aromatic carbocycles. The summed E-state index contributed by atoms with van der Waals surface area (Å²) in [5.74, 6) is 1.75. The molecule has 0 saturated carbocycles. The van der Waals surface area contributed by atoms with Crippen molar-refractivity contribution in [3.63, 3.8) is 0 Å². The number of hydrogen-bond donors (Lipinski definition) is 0. The van der Waals surface area contributed by atoms with E-state index >= 15 is 0 Å². The Labute approximate surface area is 163 Å². The van der Waals surface area contributed by atoms with E-state index in [1.807, 2.05) is 0 Å². The fraction of sp³-hybridized carbons (Fsp3) is 0.222. The van der Waals surface area contributed by atoms with Gasteiger partial charge < -0.3 is 18.6 Å². The van der Waals surface area contributed by atoms with Gasteiger partial charge in [0.25, 0.3) is 11.1 Å². The largest absolute Gasteiger partial charge is 0.484 e. The quantitative estimate of drug-likeness (QED) is 0.552. The Balaban J connectivity index is 1.37. The summed E-state index contributed by atoms with van der Waals surface area (Å²) >= 11 is 7.13. The van der Waals surface area contributed by atoms with Gasteiger partial charge in [-0.15, -0.1) is 10.2 Å². The minimum atomic E-state index is -0.332. The van der Waals surface area contributed by atoms with E-state index in [4.69, 9.17) is 30.2 Å². The Morgan fingerprint density at radius 3 is 2.89 bits per heavy atom. The maximum atomic E-state index is 13.8. The van der Waals surface area contributed by atoms with Crippen molar-refractivity contribution in [2.75, 3.05) is 6.79 Å². The monoisotopic (exact) mass is 408 g/mol. The Morgan fingerprint density at radius 1 is 1.19 bits per heavy atom. The molecule has 0 aliphatic carbocycles. The number of benzene rings is 2. The average molecular weight is 409 g/mol. The minimum Gasteiger partial charge on any atom is -0.484 e. The van der Waals surface area contributed by atoms with Gasteiger partial charge in [0.05, 0.1) is 6.61 Å². The van der Waals surface area contributed by atoms with E-state index in [0.29, 0.717) is 45.6 Å². The van der Waals surface area contributed by atoms with E-state index in [2.05, 4.69) is 10.2 Å². The average Bonchev–Trinajstić information content (AvgIpc) is 3.13. The van der Waals surface area contributed by atoms with E-state index in [0.717, 1.165) is 5.56 Å². The molecule has 0 radical (unpaired) electrons. The van der Waals surface area contributed by atoms with Gasteiger partial charge in [-0.1, -0.05) is 23.4 Å². The molecule has 0 unspecified atom stereocenters. The van der Waals surface area contributed by atoms with Crippen LogP contribution in [0.5, 0.6) is 11.5 Å². The SMILES string of the molecule is Fc1cc2c(c(CSc3nnc(COc4ccc(Cl)cc4)o3)c1)OCOC2. The lowest BCUT2D eigenvalue weighted by molar-refractivity contribution is -0.0171. The van der Waals surface area contributed by atoms with Gasteiger partial charge in [-0.05, 0) is 36.4 Å². The molecule has 0 spiro atoms. The first kappa shape index (κ1) is 18.1. The van der Waals surface area contributed by atoms with Gasteiger partial charge in [-0.3, -0.25) is 0 Å². The second kappa shape index (κ2) is 8.16. The van der Waals surface area contributed by atoms with Crippen molar-refractivity contribution in [1.82, 2.24) is 10.2 Å². The van der Waals surface area contributed by atoms with E-state index in [-0.39, 0.29) is 19.2 Å². The van der Waals surface area contributed by atoms with Crippen LogP contribution in [0, 0.1) is 5.82 Å². The maximum absolute atomic E-state index is 13.8. The molecule has 0 saturated heterocycles. The van der Waals surface area contributed by atoms with Crippen molar-refractivity contribution in [1.29, 1.82) is 0 Å². The molecule has 140 valence electrons. The first-order valence-corrected chi connectivity index (χ1v) is 9.39. The topological polar surface area (TPSA) is 66.6 Å². The van der Waals surface area contributed by atoms with Crippen LogP contribution in [0.15, 0.2) is 46.0 Å². The summed E-state index contributed by atoms with van der Waals surface area (Å²) < 4.78 is 35.6. The minimum absolute atomic E-state index is 0.144. The number of nitrogens with zero attached hydrogens (tertiary/aromatic N) is 2. The molecule has 1 aliphatic rings. The summed E-state index contributed by atoms with van der Waals surface area (Å²) in [7, 11) is 0. The van der Waals surface area contributed by atoms with Crippen LogP contribution in [0.4, 0.5) is 4.39 Å². The van der Waals surface area contributed by atoms with E-state index in [1.54, 1.807) is 24.3 Å². The molecule has 0 atom stereocenters. The van der Waals surface area contributed by atoms with Crippen LogP contribution in [-0.4, -0.2) is 17.0 Å². The molecule has 1 aliphatic heterocycles. The molecule has 0 fully saturated rings. The Morgan fingerprint density at radius 2 is 2.04 bits per heavy atom.